The van der Waals surface area contributed by atoms with Gasteiger partial charge < -0.3 is 5.11 Å². The summed E-state index contributed by atoms with van der Waals surface area (Å²) in [6.45, 7) is 1.94. The highest BCUT2D eigenvalue weighted by Crippen LogP contribution is 2.26. The van der Waals surface area contributed by atoms with Crippen LogP contribution < -0.4 is 0 Å². The molecule has 0 radical (unpaired) electrons. The van der Waals surface area contributed by atoms with Crippen molar-refractivity contribution in [3.05, 3.63) is 35.9 Å². The van der Waals surface area contributed by atoms with Crippen molar-refractivity contribution in [3.8, 4) is 0 Å². The molecule has 4 heteroatoms. The highest BCUT2D eigenvalue weighted by molar-refractivity contribution is 5.85. The number of halogens is 1. The molecular formula is C12H16ClNO2. The Hall–Kier alpha value is -1.06. The second kappa shape index (κ2) is 5.87. The van der Waals surface area contributed by atoms with Crippen molar-refractivity contribution in [3.63, 3.8) is 0 Å². The molecule has 0 saturated carbocycles. The molecule has 3 nitrogen and oxygen atoms in total. The van der Waals surface area contributed by atoms with Gasteiger partial charge in [-0.25, -0.2) is 0 Å². The van der Waals surface area contributed by atoms with Gasteiger partial charge in [0.05, 0.1) is 6.54 Å². The van der Waals surface area contributed by atoms with Gasteiger partial charge in [0.15, 0.2) is 0 Å². The Bertz CT molecular complexity index is 342. The van der Waals surface area contributed by atoms with Crippen LogP contribution in [0.3, 0.4) is 0 Å². The lowest BCUT2D eigenvalue weighted by molar-refractivity contribution is -0.138. The number of aliphatic carboxylic acids is 1. The molecule has 88 valence electrons. The zero-order valence-corrected chi connectivity index (χ0v) is 9.82. The molecule has 0 bridgehead atoms. The molecule has 1 aromatic carbocycles. The summed E-state index contributed by atoms with van der Waals surface area (Å²) >= 11 is 0. The van der Waals surface area contributed by atoms with E-state index in [0.717, 1.165) is 19.5 Å². The third-order valence-electron chi connectivity index (χ3n) is 2.90. The van der Waals surface area contributed by atoms with Gasteiger partial charge in [-0.2, -0.15) is 0 Å². The fraction of sp³-hybridized carbons (Fsp3) is 0.417. The predicted octanol–water partition coefficient (Wildman–Crippen LogP) is 1.98. The van der Waals surface area contributed by atoms with Crippen LogP contribution in [0.1, 0.15) is 17.9 Å². The van der Waals surface area contributed by atoms with Crippen molar-refractivity contribution in [2.24, 2.45) is 0 Å². The van der Waals surface area contributed by atoms with Crippen molar-refractivity contribution in [1.82, 2.24) is 4.90 Å². The first-order chi connectivity index (χ1) is 7.25. The van der Waals surface area contributed by atoms with Gasteiger partial charge in [0.25, 0.3) is 0 Å². The number of hydrogen-bond donors (Lipinski definition) is 1. The summed E-state index contributed by atoms with van der Waals surface area (Å²) in [5, 5.41) is 8.69. The Kier molecular flexibility index (Phi) is 4.77. The van der Waals surface area contributed by atoms with E-state index < -0.39 is 5.97 Å². The van der Waals surface area contributed by atoms with Gasteiger partial charge in [-0.05, 0) is 24.4 Å². The quantitative estimate of drug-likeness (QED) is 0.880. The van der Waals surface area contributed by atoms with Gasteiger partial charge in [0.1, 0.15) is 0 Å². The Labute approximate surface area is 101 Å². The van der Waals surface area contributed by atoms with E-state index in [-0.39, 0.29) is 19.0 Å². The molecule has 1 fully saturated rings. The minimum absolute atomic E-state index is 0. The Morgan fingerprint density at radius 2 is 2.06 bits per heavy atom. The maximum Gasteiger partial charge on any atom is 0.317 e. The van der Waals surface area contributed by atoms with Crippen LogP contribution in [0.25, 0.3) is 0 Å². The molecule has 1 atom stereocenters. The van der Waals surface area contributed by atoms with Crippen LogP contribution in [0.2, 0.25) is 0 Å². The first-order valence-electron chi connectivity index (χ1n) is 5.25. The molecule has 1 aliphatic heterocycles. The summed E-state index contributed by atoms with van der Waals surface area (Å²) in [4.78, 5) is 12.6. The molecule has 16 heavy (non-hydrogen) atoms. The maximum atomic E-state index is 10.6. The van der Waals surface area contributed by atoms with Crippen molar-refractivity contribution in [2.75, 3.05) is 19.6 Å². The summed E-state index contributed by atoms with van der Waals surface area (Å²) in [7, 11) is 0. The summed E-state index contributed by atoms with van der Waals surface area (Å²) < 4.78 is 0. The Morgan fingerprint density at radius 1 is 1.38 bits per heavy atom. The zero-order valence-electron chi connectivity index (χ0n) is 9.00. The molecule has 1 heterocycles. The van der Waals surface area contributed by atoms with E-state index in [0.29, 0.717) is 5.92 Å². The van der Waals surface area contributed by atoms with Gasteiger partial charge in [0, 0.05) is 6.54 Å². The summed E-state index contributed by atoms with van der Waals surface area (Å²) in [5.41, 5.74) is 1.32. The van der Waals surface area contributed by atoms with E-state index in [4.69, 9.17) is 5.11 Å². The molecule has 1 saturated heterocycles. The first kappa shape index (κ1) is 13.0. The predicted molar refractivity (Wildman–Crippen MR) is 65.1 cm³/mol. The second-order valence-corrected chi connectivity index (χ2v) is 4.03. The molecule has 1 aliphatic rings. The number of carboxylic acids is 1. The standard InChI is InChI=1S/C12H15NO2.ClH/c14-12(15)9-13-7-6-11(8-13)10-4-2-1-3-5-10;/h1-5,11H,6-9H2,(H,14,15);1H. The van der Waals surface area contributed by atoms with Crippen molar-refractivity contribution < 1.29 is 9.90 Å². The molecule has 0 amide bonds. The molecule has 0 spiro atoms. The third-order valence-corrected chi connectivity index (χ3v) is 2.90. The number of likely N-dealkylation sites (tertiary alicyclic amines) is 1. The average Bonchev–Trinajstić information content (AvgIpc) is 2.67. The normalized spacial score (nSPS) is 20.4. The van der Waals surface area contributed by atoms with Crippen LogP contribution in [0, 0.1) is 0 Å². The lowest BCUT2D eigenvalue weighted by atomic mass is 9.99. The van der Waals surface area contributed by atoms with Crippen molar-refractivity contribution in [2.45, 2.75) is 12.3 Å². The van der Waals surface area contributed by atoms with E-state index in [2.05, 4.69) is 12.1 Å². The van der Waals surface area contributed by atoms with Crippen molar-refractivity contribution in [1.29, 1.82) is 0 Å². The number of carbonyl (C=O) groups is 1. The van der Waals surface area contributed by atoms with E-state index in [1.54, 1.807) is 0 Å². The van der Waals surface area contributed by atoms with E-state index in [1.807, 2.05) is 23.1 Å². The molecule has 0 aromatic heterocycles. The van der Waals surface area contributed by atoms with Crippen LogP contribution in [-0.2, 0) is 4.79 Å². The number of benzene rings is 1. The van der Waals surface area contributed by atoms with Gasteiger partial charge in [-0.15, -0.1) is 12.4 Å². The Balaban J connectivity index is 0.00000128. The minimum atomic E-state index is -0.733. The largest absolute Gasteiger partial charge is 0.480 e. The molecular weight excluding hydrogens is 226 g/mol. The number of carboxylic acid groups (broad SMARTS) is 1. The van der Waals surface area contributed by atoms with Gasteiger partial charge in [-0.1, -0.05) is 30.3 Å². The van der Waals surface area contributed by atoms with Crippen LogP contribution >= 0.6 is 12.4 Å². The minimum Gasteiger partial charge on any atom is -0.480 e. The van der Waals surface area contributed by atoms with Crippen LogP contribution in [0.15, 0.2) is 30.3 Å². The first-order valence-corrected chi connectivity index (χ1v) is 5.25. The average molecular weight is 242 g/mol. The smallest absolute Gasteiger partial charge is 0.317 e. The second-order valence-electron chi connectivity index (χ2n) is 4.03. The molecule has 1 unspecified atom stereocenters. The summed E-state index contributed by atoms with van der Waals surface area (Å²) in [5.74, 6) is -0.228. The van der Waals surface area contributed by atoms with Crippen LogP contribution in [0.5, 0.6) is 0 Å². The highest BCUT2D eigenvalue weighted by atomic mass is 35.5. The zero-order chi connectivity index (χ0) is 10.7. The van der Waals surface area contributed by atoms with Gasteiger partial charge in [-0.3, -0.25) is 9.69 Å². The molecule has 1 aromatic rings. The number of hydrogen-bond acceptors (Lipinski definition) is 2. The molecule has 0 aliphatic carbocycles. The fourth-order valence-electron chi connectivity index (χ4n) is 2.16. The fourth-order valence-corrected chi connectivity index (χ4v) is 2.16. The maximum absolute atomic E-state index is 10.6. The summed E-state index contributed by atoms with van der Waals surface area (Å²) in [6.07, 6.45) is 1.07. The number of nitrogens with zero attached hydrogens (tertiary/aromatic N) is 1. The SMILES string of the molecule is Cl.O=C(O)CN1CCC(c2ccccc2)C1. The monoisotopic (exact) mass is 241 g/mol. The lowest BCUT2D eigenvalue weighted by Gasteiger charge is -2.13. The van der Waals surface area contributed by atoms with E-state index in [9.17, 15) is 4.79 Å². The van der Waals surface area contributed by atoms with Gasteiger partial charge >= 0.3 is 5.97 Å². The third kappa shape index (κ3) is 3.22. The highest BCUT2D eigenvalue weighted by Gasteiger charge is 2.24. The number of rotatable bonds is 3. The Morgan fingerprint density at radius 3 is 2.69 bits per heavy atom. The van der Waals surface area contributed by atoms with Crippen LogP contribution in [0.4, 0.5) is 0 Å². The summed E-state index contributed by atoms with van der Waals surface area (Å²) in [6, 6.07) is 10.3. The topological polar surface area (TPSA) is 40.5 Å². The van der Waals surface area contributed by atoms with Gasteiger partial charge in [0.2, 0.25) is 0 Å². The van der Waals surface area contributed by atoms with Crippen LogP contribution in [-0.4, -0.2) is 35.6 Å². The van der Waals surface area contributed by atoms with Crippen molar-refractivity contribution >= 4 is 18.4 Å². The molecule has 2 rings (SSSR count). The van der Waals surface area contributed by atoms with E-state index >= 15 is 0 Å². The lowest BCUT2D eigenvalue weighted by Crippen LogP contribution is -2.27. The van der Waals surface area contributed by atoms with E-state index in [1.165, 1.54) is 5.56 Å². The molecule has 1 N–H and O–H groups in total.